The van der Waals surface area contributed by atoms with Crippen molar-refractivity contribution in [2.75, 3.05) is 12.3 Å². The summed E-state index contributed by atoms with van der Waals surface area (Å²) in [7, 11) is -3.33. The summed E-state index contributed by atoms with van der Waals surface area (Å²) in [5, 5.41) is 12.5. The molecule has 1 saturated carbocycles. The molecule has 1 aliphatic heterocycles. The first-order chi connectivity index (χ1) is 9.25. The monoisotopic (exact) mass is 304 g/mol. The molecule has 116 valence electrons. The third-order valence-corrected chi connectivity index (χ3v) is 6.12. The Labute approximate surface area is 120 Å². The van der Waals surface area contributed by atoms with Crippen molar-refractivity contribution >= 4 is 15.9 Å². The van der Waals surface area contributed by atoms with E-state index in [2.05, 4.69) is 5.32 Å². The van der Waals surface area contributed by atoms with Gasteiger partial charge in [0.2, 0.25) is 15.9 Å². The normalized spacial score (nSPS) is 34.8. The highest BCUT2D eigenvalue weighted by molar-refractivity contribution is 7.89. The maximum Gasteiger partial charge on any atom is 0.238 e. The van der Waals surface area contributed by atoms with Gasteiger partial charge in [0.15, 0.2) is 0 Å². The molecule has 0 bridgehead atoms. The lowest BCUT2D eigenvalue weighted by atomic mass is 9.77. The van der Waals surface area contributed by atoms with E-state index in [1.54, 1.807) is 6.92 Å². The van der Waals surface area contributed by atoms with Crippen molar-refractivity contribution in [1.82, 2.24) is 9.62 Å². The summed E-state index contributed by atoms with van der Waals surface area (Å²) >= 11 is 0. The highest BCUT2D eigenvalue weighted by Crippen LogP contribution is 2.32. The maximum atomic E-state index is 12.2. The molecule has 1 atom stereocenters. The number of hydrogen-bond acceptors (Lipinski definition) is 4. The molecule has 2 fully saturated rings. The van der Waals surface area contributed by atoms with Crippen LogP contribution in [0, 0.1) is 0 Å². The molecule has 0 radical (unpaired) electrons. The minimum absolute atomic E-state index is 0.0335. The fourth-order valence-electron chi connectivity index (χ4n) is 3.11. The Morgan fingerprint density at radius 2 is 2.10 bits per heavy atom. The Bertz CT molecular complexity index is 467. The van der Waals surface area contributed by atoms with Crippen molar-refractivity contribution in [1.29, 1.82) is 0 Å². The number of carbonyl (C=O) groups excluding carboxylic acids is 1. The first-order valence-electron chi connectivity index (χ1n) is 7.27. The molecular formula is C13H24N2O4S. The second kappa shape index (κ2) is 5.61. The number of sulfonamides is 1. The Morgan fingerprint density at radius 3 is 2.65 bits per heavy atom. The van der Waals surface area contributed by atoms with E-state index in [4.69, 9.17) is 0 Å². The van der Waals surface area contributed by atoms with Crippen LogP contribution in [0.2, 0.25) is 0 Å². The molecule has 0 spiro atoms. The molecule has 7 heteroatoms. The molecule has 1 heterocycles. The average Bonchev–Trinajstić information content (AvgIpc) is 2.75. The molecule has 1 amide bonds. The number of rotatable bonds is 5. The molecule has 6 nitrogen and oxygen atoms in total. The van der Waals surface area contributed by atoms with E-state index in [0.29, 0.717) is 32.2 Å². The zero-order valence-electron chi connectivity index (χ0n) is 12.1. The first kappa shape index (κ1) is 15.7. The Kier molecular flexibility index (Phi) is 4.41. The number of hydrogen-bond donors (Lipinski definition) is 2. The molecule has 0 aromatic carbocycles. The van der Waals surface area contributed by atoms with E-state index in [9.17, 15) is 18.3 Å². The smallest absolute Gasteiger partial charge is 0.238 e. The highest BCUT2D eigenvalue weighted by Gasteiger charge is 2.43. The van der Waals surface area contributed by atoms with E-state index in [0.717, 1.165) is 6.42 Å². The fourth-order valence-corrected chi connectivity index (χ4v) is 4.86. The van der Waals surface area contributed by atoms with Crippen LogP contribution in [0.15, 0.2) is 0 Å². The van der Waals surface area contributed by atoms with Gasteiger partial charge in [-0.15, -0.1) is 0 Å². The van der Waals surface area contributed by atoms with Gasteiger partial charge in [-0.2, -0.15) is 4.31 Å². The zero-order chi connectivity index (χ0) is 15.0. The van der Waals surface area contributed by atoms with Crippen LogP contribution in [0.4, 0.5) is 0 Å². The molecule has 1 unspecified atom stereocenters. The maximum absolute atomic E-state index is 12.2. The second-order valence-corrected chi connectivity index (χ2v) is 8.24. The number of aliphatic hydroxyl groups is 1. The second-order valence-electron chi connectivity index (χ2n) is 6.20. The minimum atomic E-state index is -3.33. The van der Waals surface area contributed by atoms with Crippen molar-refractivity contribution < 1.29 is 18.3 Å². The van der Waals surface area contributed by atoms with E-state index in [1.165, 1.54) is 4.31 Å². The van der Waals surface area contributed by atoms with Crippen LogP contribution in [0.25, 0.3) is 0 Å². The van der Waals surface area contributed by atoms with Gasteiger partial charge in [0, 0.05) is 12.6 Å². The molecule has 1 aliphatic carbocycles. The lowest BCUT2D eigenvalue weighted by Gasteiger charge is -2.41. The Balaban J connectivity index is 1.95. The predicted molar refractivity (Wildman–Crippen MR) is 75.6 cm³/mol. The molecule has 0 aromatic rings. The van der Waals surface area contributed by atoms with Crippen LogP contribution in [-0.2, 0) is 14.8 Å². The Hall–Kier alpha value is -0.660. The van der Waals surface area contributed by atoms with E-state index < -0.39 is 21.7 Å². The standard InChI is InChI=1S/C13H24N2O4S/c1-3-7-20(18,19)15-6-4-5-11(15)12(16)14-10-8-13(2,17)9-10/h10-11,17H,3-9H2,1-2H3,(H,14,16). The van der Waals surface area contributed by atoms with Crippen LogP contribution >= 0.6 is 0 Å². The number of nitrogens with zero attached hydrogens (tertiary/aromatic N) is 1. The van der Waals surface area contributed by atoms with Crippen molar-refractivity contribution in [2.24, 2.45) is 0 Å². The first-order valence-corrected chi connectivity index (χ1v) is 8.88. The third-order valence-electron chi connectivity index (χ3n) is 4.04. The Morgan fingerprint density at radius 1 is 1.45 bits per heavy atom. The van der Waals surface area contributed by atoms with Crippen LogP contribution in [0.3, 0.4) is 0 Å². The van der Waals surface area contributed by atoms with Gasteiger partial charge in [-0.3, -0.25) is 4.79 Å². The van der Waals surface area contributed by atoms with Gasteiger partial charge in [0.1, 0.15) is 6.04 Å². The number of carbonyl (C=O) groups is 1. The van der Waals surface area contributed by atoms with E-state index in [-0.39, 0.29) is 17.7 Å². The number of nitrogens with one attached hydrogen (secondary N) is 1. The van der Waals surface area contributed by atoms with Gasteiger partial charge in [-0.25, -0.2) is 8.42 Å². The van der Waals surface area contributed by atoms with Crippen molar-refractivity contribution in [3.05, 3.63) is 0 Å². The predicted octanol–water partition coefficient (Wildman–Crippen LogP) is 0.220. The van der Waals surface area contributed by atoms with E-state index in [1.807, 2.05) is 6.92 Å². The lowest BCUT2D eigenvalue weighted by Crippen LogP contribution is -2.57. The van der Waals surface area contributed by atoms with Crippen LogP contribution < -0.4 is 5.32 Å². The zero-order valence-corrected chi connectivity index (χ0v) is 12.9. The quantitative estimate of drug-likeness (QED) is 0.761. The van der Waals surface area contributed by atoms with Gasteiger partial charge >= 0.3 is 0 Å². The van der Waals surface area contributed by atoms with Crippen molar-refractivity contribution in [3.63, 3.8) is 0 Å². The average molecular weight is 304 g/mol. The van der Waals surface area contributed by atoms with Crippen LogP contribution in [-0.4, -0.2) is 53.7 Å². The summed E-state index contributed by atoms with van der Waals surface area (Å²) in [4.78, 5) is 12.2. The summed E-state index contributed by atoms with van der Waals surface area (Å²) in [6.45, 7) is 3.99. The SMILES string of the molecule is CCCS(=O)(=O)N1CCCC1C(=O)NC1CC(C)(O)C1. The van der Waals surface area contributed by atoms with Crippen LogP contribution in [0.5, 0.6) is 0 Å². The summed E-state index contributed by atoms with van der Waals surface area (Å²) < 4.78 is 25.6. The summed E-state index contributed by atoms with van der Waals surface area (Å²) in [5.74, 6) is -0.128. The molecule has 2 rings (SSSR count). The van der Waals surface area contributed by atoms with Gasteiger partial charge < -0.3 is 10.4 Å². The molecule has 0 aromatic heterocycles. The lowest BCUT2D eigenvalue weighted by molar-refractivity contribution is -0.128. The summed E-state index contributed by atoms with van der Waals surface area (Å²) in [5.41, 5.74) is -0.693. The van der Waals surface area contributed by atoms with Crippen molar-refractivity contribution in [3.8, 4) is 0 Å². The van der Waals surface area contributed by atoms with Crippen molar-refractivity contribution in [2.45, 2.75) is 63.6 Å². The van der Waals surface area contributed by atoms with Gasteiger partial charge in [-0.1, -0.05) is 6.92 Å². The number of amides is 1. The van der Waals surface area contributed by atoms with Crippen LogP contribution in [0.1, 0.15) is 46.0 Å². The van der Waals surface area contributed by atoms with Gasteiger partial charge in [0.05, 0.1) is 11.4 Å². The fraction of sp³-hybridized carbons (Fsp3) is 0.923. The summed E-state index contributed by atoms with van der Waals surface area (Å²) in [6.07, 6.45) is 2.93. The molecule has 20 heavy (non-hydrogen) atoms. The molecular weight excluding hydrogens is 280 g/mol. The third kappa shape index (κ3) is 3.32. The molecule has 2 aliphatic rings. The molecule has 1 saturated heterocycles. The molecule has 2 N–H and O–H groups in total. The van der Waals surface area contributed by atoms with E-state index >= 15 is 0 Å². The topological polar surface area (TPSA) is 86.7 Å². The minimum Gasteiger partial charge on any atom is -0.390 e. The van der Waals surface area contributed by atoms with Gasteiger partial charge in [-0.05, 0) is 39.0 Å². The largest absolute Gasteiger partial charge is 0.390 e. The van der Waals surface area contributed by atoms with Gasteiger partial charge in [0.25, 0.3) is 0 Å². The summed E-state index contributed by atoms with van der Waals surface area (Å²) in [6, 6.07) is -0.606. The highest BCUT2D eigenvalue weighted by atomic mass is 32.2.